The Morgan fingerprint density at radius 1 is 0.905 bits per heavy atom. The Hall–Kier alpha value is -1.97. The molecule has 0 aliphatic rings. The fourth-order valence-corrected chi connectivity index (χ4v) is 3.23. The van der Waals surface area contributed by atoms with Crippen molar-refractivity contribution in [1.29, 1.82) is 0 Å². The molecule has 0 bridgehead atoms. The molecule has 0 radical (unpaired) electrons. The van der Waals surface area contributed by atoms with Crippen LogP contribution in [0.3, 0.4) is 0 Å². The minimum atomic E-state index is 0.806. The molecule has 2 nitrogen and oxygen atoms in total. The average molecular weight is 294 g/mol. The van der Waals surface area contributed by atoms with E-state index in [0.717, 1.165) is 24.5 Å². The Morgan fingerprint density at radius 3 is 2.57 bits per heavy atom. The first-order chi connectivity index (χ1) is 10.3. The minimum Gasteiger partial charge on any atom is -0.306 e. The molecule has 0 atom stereocenters. The van der Waals surface area contributed by atoms with Crippen molar-refractivity contribution in [2.24, 2.45) is 0 Å². The zero-order valence-corrected chi connectivity index (χ0v) is 12.9. The molecule has 0 unspecified atom stereocenters. The fraction of sp³-hybridized carbons (Fsp3) is 0.167. The molecule has 1 N–H and O–H groups in total. The largest absolute Gasteiger partial charge is 0.306 e. The second-order valence-electron chi connectivity index (χ2n) is 5.01. The van der Waals surface area contributed by atoms with Crippen LogP contribution >= 0.6 is 11.3 Å². The van der Waals surface area contributed by atoms with Gasteiger partial charge in [-0.1, -0.05) is 36.4 Å². The molecule has 21 heavy (non-hydrogen) atoms. The summed E-state index contributed by atoms with van der Waals surface area (Å²) in [4.78, 5) is 7.17. The summed E-state index contributed by atoms with van der Waals surface area (Å²) in [6.07, 6.45) is 0. The van der Waals surface area contributed by atoms with Gasteiger partial charge in [0.1, 0.15) is 0 Å². The number of thiophene rings is 1. The van der Waals surface area contributed by atoms with Crippen molar-refractivity contribution in [3.63, 3.8) is 0 Å². The van der Waals surface area contributed by atoms with E-state index >= 15 is 0 Å². The van der Waals surface area contributed by atoms with Gasteiger partial charge in [-0.2, -0.15) is 0 Å². The van der Waals surface area contributed by atoms with Crippen LogP contribution in [0.5, 0.6) is 0 Å². The van der Waals surface area contributed by atoms with Crippen LogP contribution in [0.25, 0.3) is 10.4 Å². The summed E-state index contributed by atoms with van der Waals surface area (Å²) in [5, 5.41) is 3.46. The number of nitrogens with zero attached hydrogens (tertiary/aromatic N) is 1. The van der Waals surface area contributed by atoms with Crippen LogP contribution in [-0.2, 0) is 13.1 Å². The van der Waals surface area contributed by atoms with Crippen molar-refractivity contribution >= 4 is 11.3 Å². The Kier molecular flexibility index (Phi) is 4.43. The lowest BCUT2D eigenvalue weighted by molar-refractivity contribution is 0.685. The molecule has 2 heterocycles. The highest BCUT2D eigenvalue weighted by Crippen LogP contribution is 2.27. The maximum Gasteiger partial charge on any atom is 0.0544 e. The number of nitrogens with one attached hydrogen (secondary N) is 1. The predicted molar refractivity (Wildman–Crippen MR) is 89.3 cm³/mol. The first kappa shape index (κ1) is 14.0. The molecule has 106 valence electrons. The zero-order chi connectivity index (χ0) is 14.5. The lowest BCUT2D eigenvalue weighted by Gasteiger charge is -2.03. The molecule has 0 saturated carbocycles. The van der Waals surface area contributed by atoms with Gasteiger partial charge in [-0.3, -0.25) is 4.98 Å². The highest BCUT2D eigenvalue weighted by atomic mass is 32.1. The smallest absolute Gasteiger partial charge is 0.0544 e. The third kappa shape index (κ3) is 3.78. The summed E-state index contributed by atoms with van der Waals surface area (Å²) in [6.45, 7) is 3.71. The Bertz CT molecular complexity index is 704. The van der Waals surface area contributed by atoms with Crippen LogP contribution < -0.4 is 5.32 Å². The van der Waals surface area contributed by atoms with Gasteiger partial charge in [0.15, 0.2) is 0 Å². The molecule has 0 aliphatic carbocycles. The van der Waals surface area contributed by atoms with Crippen molar-refractivity contribution in [1.82, 2.24) is 10.3 Å². The maximum atomic E-state index is 4.50. The van der Waals surface area contributed by atoms with E-state index in [1.807, 2.05) is 24.3 Å². The molecule has 0 amide bonds. The standard InChI is InChI=1S/C18H18N2S/c1-14-6-5-9-16(20-14)12-19-13-17-10-11-18(21-17)15-7-3-2-4-8-15/h2-11,19H,12-13H2,1H3. The van der Waals surface area contributed by atoms with E-state index in [1.54, 1.807) is 0 Å². The van der Waals surface area contributed by atoms with Gasteiger partial charge in [-0.25, -0.2) is 0 Å². The SMILES string of the molecule is Cc1cccc(CNCc2ccc(-c3ccccc3)s2)n1. The van der Waals surface area contributed by atoms with Gasteiger partial charge in [-0.15, -0.1) is 11.3 Å². The molecule has 3 heteroatoms. The molecule has 0 spiro atoms. The van der Waals surface area contributed by atoms with Crippen LogP contribution in [0, 0.1) is 6.92 Å². The number of rotatable bonds is 5. The lowest BCUT2D eigenvalue weighted by Crippen LogP contribution is -2.12. The lowest BCUT2D eigenvalue weighted by atomic mass is 10.2. The highest BCUT2D eigenvalue weighted by molar-refractivity contribution is 7.15. The van der Waals surface area contributed by atoms with Crippen LogP contribution in [0.15, 0.2) is 60.7 Å². The van der Waals surface area contributed by atoms with Gasteiger partial charge in [0.25, 0.3) is 0 Å². The second-order valence-corrected chi connectivity index (χ2v) is 6.17. The topological polar surface area (TPSA) is 24.9 Å². The highest BCUT2D eigenvalue weighted by Gasteiger charge is 2.02. The van der Waals surface area contributed by atoms with Crippen LogP contribution in [0.4, 0.5) is 0 Å². The number of hydrogen-bond acceptors (Lipinski definition) is 3. The predicted octanol–water partition coefficient (Wildman–Crippen LogP) is 4.41. The van der Waals surface area contributed by atoms with Crippen molar-refractivity contribution < 1.29 is 0 Å². The normalized spacial score (nSPS) is 10.7. The van der Waals surface area contributed by atoms with Gasteiger partial charge in [0.05, 0.1) is 5.69 Å². The maximum absolute atomic E-state index is 4.50. The van der Waals surface area contributed by atoms with E-state index in [9.17, 15) is 0 Å². The molecular weight excluding hydrogens is 276 g/mol. The fourth-order valence-electron chi connectivity index (χ4n) is 2.24. The molecule has 3 aromatic rings. The van der Waals surface area contributed by atoms with Crippen LogP contribution in [0.1, 0.15) is 16.3 Å². The molecule has 2 aromatic heterocycles. The van der Waals surface area contributed by atoms with Gasteiger partial charge < -0.3 is 5.32 Å². The number of hydrogen-bond donors (Lipinski definition) is 1. The van der Waals surface area contributed by atoms with Gasteiger partial charge in [0.2, 0.25) is 0 Å². The van der Waals surface area contributed by atoms with Crippen LogP contribution in [-0.4, -0.2) is 4.98 Å². The third-order valence-corrected chi connectivity index (χ3v) is 4.41. The number of benzene rings is 1. The second kappa shape index (κ2) is 6.66. The van der Waals surface area contributed by atoms with Crippen molar-refractivity contribution in [3.05, 3.63) is 76.9 Å². The Balaban J connectivity index is 1.58. The summed E-state index contributed by atoms with van der Waals surface area (Å²) in [5.41, 5.74) is 3.45. The summed E-state index contributed by atoms with van der Waals surface area (Å²) in [5.74, 6) is 0. The molecular formula is C18H18N2S. The van der Waals surface area contributed by atoms with E-state index < -0.39 is 0 Å². The van der Waals surface area contributed by atoms with E-state index in [0.29, 0.717) is 0 Å². The summed E-state index contributed by atoms with van der Waals surface area (Å²) in [6, 6.07) is 21.0. The quantitative estimate of drug-likeness (QED) is 0.754. The number of pyridine rings is 1. The monoisotopic (exact) mass is 294 g/mol. The van der Waals surface area contributed by atoms with E-state index in [1.165, 1.54) is 15.3 Å². The van der Waals surface area contributed by atoms with Gasteiger partial charge >= 0.3 is 0 Å². The summed E-state index contributed by atoms with van der Waals surface area (Å²) < 4.78 is 0. The number of aromatic nitrogens is 1. The van der Waals surface area contributed by atoms with E-state index in [2.05, 4.69) is 64.9 Å². The zero-order valence-electron chi connectivity index (χ0n) is 12.0. The van der Waals surface area contributed by atoms with Gasteiger partial charge in [0, 0.05) is 28.5 Å². The molecule has 0 saturated heterocycles. The molecule has 1 aromatic carbocycles. The molecule has 0 fully saturated rings. The van der Waals surface area contributed by atoms with Crippen molar-refractivity contribution in [3.8, 4) is 10.4 Å². The Morgan fingerprint density at radius 2 is 1.76 bits per heavy atom. The minimum absolute atomic E-state index is 0.806. The molecule has 0 aliphatic heterocycles. The molecule has 3 rings (SSSR count). The summed E-state index contributed by atoms with van der Waals surface area (Å²) in [7, 11) is 0. The van der Waals surface area contributed by atoms with Crippen molar-refractivity contribution in [2.45, 2.75) is 20.0 Å². The van der Waals surface area contributed by atoms with Crippen LogP contribution in [0.2, 0.25) is 0 Å². The Labute approximate surface area is 129 Å². The third-order valence-electron chi connectivity index (χ3n) is 3.27. The van der Waals surface area contributed by atoms with E-state index in [4.69, 9.17) is 0 Å². The van der Waals surface area contributed by atoms with Gasteiger partial charge in [-0.05, 0) is 36.8 Å². The first-order valence-corrected chi connectivity index (χ1v) is 7.90. The van der Waals surface area contributed by atoms with E-state index in [-0.39, 0.29) is 0 Å². The average Bonchev–Trinajstić information content (AvgIpc) is 2.97. The summed E-state index contributed by atoms with van der Waals surface area (Å²) >= 11 is 1.84. The van der Waals surface area contributed by atoms with Crippen molar-refractivity contribution in [2.75, 3.05) is 0 Å². The first-order valence-electron chi connectivity index (χ1n) is 7.09. The number of aryl methyl sites for hydroxylation is 1.